The number of benzene rings is 2. The van der Waals surface area contributed by atoms with Gasteiger partial charge < -0.3 is 19.8 Å². The summed E-state index contributed by atoms with van der Waals surface area (Å²) < 4.78 is 12.7. The fraction of sp³-hybridized carbons (Fsp3) is 0.304. The number of methoxy groups -OCH3 is 1. The summed E-state index contributed by atoms with van der Waals surface area (Å²) in [5.74, 6) is -0.569. The fourth-order valence-corrected chi connectivity index (χ4v) is 4.26. The first-order valence-electron chi connectivity index (χ1n) is 9.68. The van der Waals surface area contributed by atoms with Crippen molar-refractivity contribution in [3.63, 3.8) is 0 Å². The van der Waals surface area contributed by atoms with Crippen molar-refractivity contribution in [2.45, 2.75) is 32.2 Å². The Kier molecular flexibility index (Phi) is 5.01. The summed E-state index contributed by atoms with van der Waals surface area (Å²) >= 11 is 0. The van der Waals surface area contributed by atoms with E-state index < -0.39 is 5.97 Å². The molecule has 0 spiro atoms. The Balaban J connectivity index is 1.88. The smallest absolute Gasteiger partial charge is 0.343 e. The second-order valence-electron chi connectivity index (χ2n) is 7.38. The van der Waals surface area contributed by atoms with E-state index in [1.807, 2.05) is 30.3 Å². The van der Waals surface area contributed by atoms with Crippen LogP contribution in [0.1, 0.15) is 34.7 Å². The predicted octanol–water partition coefficient (Wildman–Crippen LogP) is 3.06. The lowest BCUT2D eigenvalue weighted by Gasteiger charge is -2.13. The first-order valence-corrected chi connectivity index (χ1v) is 9.68. The van der Waals surface area contributed by atoms with E-state index in [0.717, 1.165) is 28.6 Å². The first-order chi connectivity index (χ1) is 14.0. The van der Waals surface area contributed by atoms with Crippen molar-refractivity contribution in [1.82, 2.24) is 4.57 Å². The first kappa shape index (κ1) is 19.1. The maximum absolute atomic E-state index is 12.2. The van der Waals surface area contributed by atoms with Gasteiger partial charge in [0.25, 0.3) is 0 Å². The van der Waals surface area contributed by atoms with Crippen molar-refractivity contribution in [2.75, 3.05) is 13.7 Å². The van der Waals surface area contributed by atoms with E-state index >= 15 is 0 Å². The van der Waals surface area contributed by atoms with E-state index in [9.17, 15) is 9.59 Å². The molecular formula is C23H24N2O4. The van der Waals surface area contributed by atoms with Crippen LogP contribution in [0, 0.1) is 6.92 Å². The molecule has 3 aromatic rings. The Hall–Kier alpha value is -3.28. The maximum Gasteiger partial charge on any atom is 0.343 e. The normalized spacial score (nSPS) is 15.3. The highest BCUT2D eigenvalue weighted by atomic mass is 16.6. The van der Waals surface area contributed by atoms with Crippen LogP contribution in [0.2, 0.25) is 0 Å². The quantitative estimate of drug-likeness (QED) is 0.654. The number of aryl methyl sites for hydroxylation is 1. The van der Waals surface area contributed by atoms with Gasteiger partial charge in [-0.15, -0.1) is 0 Å². The minimum atomic E-state index is -0.454. The zero-order valence-electron chi connectivity index (χ0n) is 16.6. The number of aromatic nitrogens is 1. The Labute approximate surface area is 169 Å². The molecule has 6 nitrogen and oxygen atoms in total. The highest BCUT2D eigenvalue weighted by molar-refractivity contribution is 5.97. The number of hydrogen-bond donors (Lipinski definition) is 1. The van der Waals surface area contributed by atoms with Gasteiger partial charge in [0.1, 0.15) is 5.75 Å². The molecule has 1 aliphatic rings. The molecule has 2 aromatic carbocycles. The van der Waals surface area contributed by atoms with Crippen LogP contribution in [0.5, 0.6) is 5.75 Å². The van der Waals surface area contributed by atoms with E-state index in [2.05, 4.69) is 23.6 Å². The molecule has 4 rings (SSSR count). The molecule has 0 aliphatic heterocycles. The van der Waals surface area contributed by atoms with Gasteiger partial charge in [0.05, 0.1) is 18.5 Å². The van der Waals surface area contributed by atoms with Gasteiger partial charge in [-0.05, 0) is 48.6 Å². The topological polar surface area (TPSA) is 83.6 Å². The average Bonchev–Trinajstić information content (AvgIpc) is 3.27. The van der Waals surface area contributed by atoms with Crippen LogP contribution in [-0.2, 0) is 27.3 Å². The van der Waals surface area contributed by atoms with E-state index in [4.69, 9.17) is 15.2 Å². The number of carbonyl (C=O) groups is 2. The van der Waals surface area contributed by atoms with Crippen molar-refractivity contribution < 1.29 is 19.1 Å². The van der Waals surface area contributed by atoms with Crippen molar-refractivity contribution >= 4 is 22.8 Å². The van der Waals surface area contributed by atoms with E-state index in [1.54, 1.807) is 0 Å². The van der Waals surface area contributed by atoms with E-state index in [1.165, 1.54) is 18.2 Å². The number of nitrogens with zero attached hydrogens (tertiary/aromatic N) is 1. The maximum atomic E-state index is 12.2. The largest absolute Gasteiger partial charge is 0.481 e. The van der Waals surface area contributed by atoms with Crippen LogP contribution < -0.4 is 10.5 Å². The highest BCUT2D eigenvalue weighted by Crippen LogP contribution is 2.44. The van der Waals surface area contributed by atoms with Crippen LogP contribution >= 0.6 is 0 Å². The molecule has 1 aliphatic carbocycles. The number of carbonyl (C=O) groups excluding carboxylic acids is 2. The van der Waals surface area contributed by atoms with Crippen molar-refractivity contribution in [2.24, 2.45) is 5.73 Å². The molecule has 0 fully saturated rings. The number of rotatable bonds is 6. The molecule has 0 radical (unpaired) electrons. The standard InChI is InChI=1S/C23H24N2O4/c1-14-6-3-4-7-15(14)12-25-17-8-5-9-19(29-13-20(26)28-2)22(17)21-16(23(24)27)10-11-18(21)25/h3-9,16H,10-13H2,1-2H3,(H2,24,27). The minimum absolute atomic E-state index is 0.186. The van der Waals surface area contributed by atoms with Gasteiger partial charge >= 0.3 is 5.97 Å². The van der Waals surface area contributed by atoms with Crippen LogP contribution in [0.25, 0.3) is 10.9 Å². The van der Waals surface area contributed by atoms with Gasteiger partial charge in [-0.3, -0.25) is 4.79 Å². The van der Waals surface area contributed by atoms with Gasteiger partial charge in [-0.2, -0.15) is 0 Å². The lowest BCUT2D eigenvalue weighted by Crippen LogP contribution is -2.19. The molecule has 0 saturated carbocycles. The summed E-state index contributed by atoms with van der Waals surface area (Å²) in [7, 11) is 1.33. The van der Waals surface area contributed by atoms with E-state index in [-0.39, 0.29) is 18.4 Å². The van der Waals surface area contributed by atoms with Crippen LogP contribution in [0.15, 0.2) is 42.5 Å². The molecular weight excluding hydrogens is 368 g/mol. The summed E-state index contributed by atoms with van der Waals surface area (Å²) in [6, 6.07) is 14.0. The number of amides is 1. The van der Waals surface area contributed by atoms with Gasteiger partial charge in [0.2, 0.25) is 5.91 Å². The molecule has 1 heterocycles. The summed E-state index contributed by atoms with van der Waals surface area (Å²) in [6.07, 6.45) is 1.47. The SMILES string of the molecule is COC(=O)COc1cccc2c1c1c(n2Cc2ccccc2C)CCC1C(N)=O. The third-order valence-corrected chi connectivity index (χ3v) is 5.73. The molecule has 1 amide bonds. The number of fused-ring (bicyclic) bond motifs is 3. The predicted molar refractivity (Wildman–Crippen MR) is 110 cm³/mol. The zero-order valence-corrected chi connectivity index (χ0v) is 16.6. The molecule has 1 atom stereocenters. The monoisotopic (exact) mass is 392 g/mol. The van der Waals surface area contributed by atoms with Gasteiger partial charge in [-0.1, -0.05) is 30.3 Å². The highest BCUT2D eigenvalue weighted by Gasteiger charge is 2.34. The third kappa shape index (κ3) is 3.35. The molecule has 1 unspecified atom stereocenters. The van der Waals surface area contributed by atoms with Gasteiger partial charge in [0.15, 0.2) is 6.61 Å². The second kappa shape index (κ2) is 7.62. The molecule has 150 valence electrons. The van der Waals surface area contributed by atoms with Gasteiger partial charge in [0, 0.05) is 17.6 Å². The van der Waals surface area contributed by atoms with Crippen LogP contribution in [0.4, 0.5) is 0 Å². The fourth-order valence-electron chi connectivity index (χ4n) is 4.26. The summed E-state index contributed by atoms with van der Waals surface area (Å²) in [5, 5.41) is 0.862. The second-order valence-corrected chi connectivity index (χ2v) is 7.38. The Morgan fingerprint density at radius 1 is 1.17 bits per heavy atom. The number of hydrogen-bond acceptors (Lipinski definition) is 4. The van der Waals surface area contributed by atoms with Crippen LogP contribution in [0.3, 0.4) is 0 Å². The zero-order chi connectivity index (χ0) is 20.5. The third-order valence-electron chi connectivity index (χ3n) is 5.73. The van der Waals surface area contributed by atoms with Crippen LogP contribution in [-0.4, -0.2) is 30.2 Å². The molecule has 29 heavy (non-hydrogen) atoms. The lowest BCUT2D eigenvalue weighted by atomic mass is 9.99. The van der Waals surface area contributed by atoms with Crippen molar-refractivity contribution in [3.8, 4) is 5.75 Å². The number of primary amides is 1. The Morgan fingerprint density at radius 3 is 2.69 bits per heavy atom. The number of ether oxygens (including phenoxy) is 2. The number of esters is 1. The lowest BCUT2D eigenvalue weighted by molar-refractivity contribution is -0.142. The minimum Gasteiger partial charge on any atom is -0.481 e. The summed E-state index contributed by atoms with van der Waals surface area (Å²) in [5.41, 5.74) is 11.2. The Morgan fingerprint density at radius 2 is 1.97 bits per heavy atom. The number of nitrogens with two attached hydrogens (primary N) is 1. The summed E-state index contributed by atoms with van der Waals surface area (Å²) in [6.45, 7) is 2.61. The molecule has 2 N–H and O–H groups in total. The molecule has 6 heteroatoms. The molecule has 0 bridgehead atoms. The molecule has 0 saturated heterocycles. The average molecular weight is 392 g/mol. The van der Waals surface area contributed by atoms with Gasteiger partial charge in [-0.25, -0.2) is 4.79 Å². The Bertz CT molecular complexity index is 1100. The van der Waals surface area contributed by atoms with Crippen molar-refractivity contribution in [1.29, 1.82) is 0 Å². The van der Waals surface area contributed by atoms with E-state index in [0.29, 0.717) is 18.7 Å². The summed E-state index contributed by atoms with van der Waals surface area (Å²) in [4.78, 5) is 23.7. The van der Waals surface area contributed by atoms with Crippen molar-refractivity contribution in [3.05, 3.63) is 64.8 Å². The molecule has 1 aromatic heterocycles.